The van der Waals surface area contributed by atoms with Crippen molar-refractivity contribution < 1.29 is 0 Å². The van der Waals surface area contributed by atoms with Crippen LogP contribution >= 0.6 is 0 Å². The second-order valence-corrected chi connectivity index (χ2v) is 6.76. The van der Waals surface area contributed by atoms with Crippen LogP contribution in [-0.4, -0.2) is 74.7 Å². The van der Waals surface area contributed by atoms with Crippen LogP contribution in [0.15, 0.2) is 4.99 Å². The summed E-state index contributed by atoms with van der Waals surface area (Å²) in [7, 11) is 1.85. The molecule has 0 spiro atoms. The zero-order chi connectivity index (χ0) is 16.9. The van der Waals surface area contributed by atoms with Gasteiger partial charge in [-0.05, 0) is 59.3 Å². The summed E-state index contributed by atoms with van der Waals surface area (Å²) >= 11 is 0. The first kappa shape index (κ1) is 20.2. The molecule has 0 unspecified atom stereocenters. The molecule has 0 bridgehead atoms. The molecule has 1 rings (SSSR count). The second-order valence-electron chi connectivity index (χ2n) is 6.76. The molecular formula is C18H39N5. The molecule has 5 nitrogen and oxygen atoms in total. The molecule has 0 radical (unpaired) electrons. The molecule has 0 aromatic carbocycles. The monoisotopic (exact) mass is 325 g/mol. The van der Waals surface area contributed by atoms with E-state index in [2.05, 4.69) is 46.2 Å². The normalized spacial score (nSPS) is 17.6. The second kappa shape index (κ2) is 12.6. The molecule has 0 aliphatic carbocycles. The lowest BCUT2D eigenvalue weighted by Crippen LogP contribution is -2.43. The molecule has 1 saturated heterocycles. The minimum absolute atomic E-state index is 0.602. The minimum atomic E-state index is 0.602. The van der Waals surface area contributed by atoms with Gasteiger partial charge in [-0.25, -0.2) is 0 Å². The number of likely N-dealkylation sites (tertiary alicyclic amines) is 1. The Balaban J connectivity index is 2.11. The molecule has 2 N–H and O–H groups in total. The number of aliphatic imine (C=N–C) groups is 1. The molecule has 1 aliphatic rings. The maximum atomic E-state index is 4.32. The highest BCUT2D eigenvalue weighted by Gasteiger charge is 2.09. The number of nitrogens with zero attached hydrogens (tertiary/aromatic N) is 3. The number of guanidine groups is 1. The summed E-state index contributed by atoms with van der Waals surface area (Å²) in [6.07, 6.45) is 6.77. The van der Waals surface area contributed by atoms with Gasteiger partial charge in [0.15, 0.2) is 5.96 Å². The quantitative estimate of drug-likeness (QED) is 0.387. The molecule has 1 fully saturated rings. The first-order chi connectivity index (χ1) is 11.2. The first-order valence-corrected chi connectivity index (χ1v) is 9.58. The van der Waals surface area contributed by atoms with Crippen LogP contribution in [0, 0.1) is 0 Å². The van der Waals surface area contributed by atoms with Crippen molar-refractivity contribution in [1.29, 1.82) is 0 Å². The summed E-state index contributed by atoms with van der Waals surface area (Å²) in [6, 6.07) is 0.602. The van der Waals surface area contributed by atoms with Gasteiger partial charge >= 0.3 is 0 Å². The zero-order valence-corrected chi connectivity index (χ0v) is 15.9. The van der Waals surface area contributed by atoms with Crippen molar-refractivity contribution in [3.05, 3.63) is 0 Å². The highest BCUT2D eigenvalue weighted by molar-refractivity contribution is 5.79. The van der Waals surface area contributed by atoms with Gasteiger partial charge in [-0.15, -0.1) is 0 Å². The molecule has 1 aliphatic heterocycles. The zero-order valence-electron chi connectivity index (χ0n) is 15.9. The molecule has 1 heterocycles. The Morgan fingerprint density at radius 3 is 2.30 bits per heavy atom. The maximum absolute atomic E-state index is 4.32. The van der Waals surface area contributed by atoms with Crippen LogP contribution in [0.5, 0.6) is 0 Å². The number of hydrogen-bond acceptors (Lipinski definition) is 3. The molecule has 0 aromatic rings. The fraction of sp³-hybridized carbons (Fsp3) is 0.944. The molecule has 136 valence electrons. The Hall–Kier alpha value is -0.810. The summed E-state index contributed by atoms with van der Waals surface area (Å²) < 4.78 is 0. The van der Waals surface area contributed by atoms with Gasteiger partial charge in [0.05, 0.1) is 0 Å². The smallest absolute Gasteiger partial charge is 0.191 e. The van der Waals surface area contributed by atoms with Gasteiger partial charge in [0, 0.05) is 32.7 Å². The number of likely N-dealkylation sites (N-methyl/N-ethyl adjacent to an activating group) is 1. The largest absolute Gasteiger partial charge is 0.356 e. The molecule has 23 heavy (non-hydrogen) atoms. The van der Waals surface area contributed by atoms with E-state index < -0.39 is 0 Å². The number of nitrogens with one attached hydrogen (secondary N) is 2. The van der Waals surface area contributed by atoms with Gasteiger partial charge in [0.1, 0.15) is 0 Å². The van der Waals surface area contributed by atoms with Gasteiger partial charge in [-0.2, -0.15) is 0 Å². The van der Waals surface area contributed by atoms with E-state index in [0.717, 1.165) is 32.1 Å². The van der Waals surface area contributed by atoms with Crippen molar-refractivity contribution in [1.82, 2.24) is 20.4 Å². The van der Waals surface area contributed by atoms with Crippen LogP contribution in [0.4, 0.5) is 0 Å². The predicted molar refractivity (Wildman–Crippen MR) is 101 cm³/mol. The van der Waals surface area contributed by atoms with Gasteiger partial charge in [0.2, 0.25) is 0 Å². The van der Waals surface area contributed by atoms with Crippen LogP contribution in [0.3, 0.4) is 0 Å². The molecule has 0 saturated carbocycles. The van der Waals surface area contributed by atoms with E-state index >= 15 is 0 Å². The highest BCUT2D eigenvalue weighted by atomic mass is 15.2. The maximum Gasteiger partial charge on any atom is 0.191 e. The van der Waals surface area contributed by atoms with E-state index in [4.69, 9.17) is 0 Å². The minimum Gasteiger partial charge on any atom is -0.356 e. The standard InChI is InChI=1S/C18H39N5/c1-5-23(17(2)3)16-12-21-18(19-4)20-11-10-15-22-13-8-6-7-9-14-22/h17H,5-16H2,1-4H3,(H2,19,20,21). The Morgan fingerprint density at radius 1 is 1.09 bits per heavy atom. The average molecular weight is 326 g/mol. The van der Waals surface area contributed by atoms with Crippen molar-refractivity contribution in [2.75, 3.05) is 52.9 Å². The molecule has 0 aromatic heterocycles. The molecule has 5 heteroatoms. The lowest BCUT2D eigenvalue weighted by Gasteiger charge is -2.25. The SMILES string of the molecule is CCN(CCNC(=NC)NCCCN1CCCCCC1)C(C)C. The summed E-state index contributed by atoms with van der Waals surface area (Å²) in [5.74, 6) is 0.931. The average Bonchev–Trinajstić information content (AvgIpc) is 2.81. The molecular weight excluding hydrogens is 286 g/mol. The lowest BCUT2D eigenvalue weighted by atomic mass is 10.2. The van der Waals surface area contributed by atoms with E-state index in [1.807, 2.05) is 7.05 Å². The summed E-state index contributed by atoms with van der Waals surface area (Å²) in [5, 5.41) is 6.86. The highest BCUT2D eigenvalue weighted by Crippen LogP contribution is 2.09. The van der Waals surface area contributed by atoms with E-state index in [0.29, 0.717) is 6.04 Å². The topological polar surface area (TPSA) is 42.9 Å². The van der Waals surface area contributed by atoms with Crippen LogP contribution < -0.4 is 10.6 Å². The molecule has 0 amide bonds. The summed E-state index contributed by atoms with van der Waals surface area (Å²) in [4.78, 5) is 9.39. The summed E-state index contributed by atoms with van der Waals surface area (Å²) in [5.41, 5.74) is 0. The number of rotatable bonds is 9. The third kappa shape index (κ3) is 9.16. The lowest BCUT2D eigenvalue weighted by molar-refractivity contribution is 0.237. The first-order valence-electron chi connectivity index (χ1n) is 9.58. The third-order valence-electron chi connectivity index (χ3n) is 4.69. The van der Waals surface area contributed by atoms with Crippen molar-refractivity contribution >= 4 is 5.96 Å². The number of hydrogen-bond donors (Lipinski definition) is 2. The van der Waals surface area contributed by atoms with Crippen molar-refractivity contribution in [3.63, 3.8) is 0 Å². The van der Waals surface area contributed by atoms with E-state index in [1.165, 1.54) is 51.7 Å². The van der Waals surface area contributed by atoms with E-state index in [1.54, 1.807) is 0 Å². The van der Waals surface area contributed by atoms with E-state index in [9.17, 15) is 0 Å². The summed E-state index contributed by atoms with van der Waals surface area (Å²) in [6.45, 7) is 14.6. The fourth-order valence-corrected chi connectivity index (χ4v) is 3.19. The van der Waals surface area contributed by atoms with Gasteiger partial charge in [0.25, 0.3) is 0 Å². The van der Waals surface area contributed by atoms with E-state index in [-0.39, 0.29) is 0 Å². The van der Waals surface area contributed by atoms with Crippen molar-refractivity contribution in [2.24, 2.45) is 4.99 Å². The van der Waals surface area contributed by atoms with Crippen LogP contribution in [-0.2, 0) is 0 Å². The molecule has 0 atom stereocenters. The van der Waals surface area contributed by atoms with Crippen LogP contribution in [0.25, 0.3) is 0 Å². The predicted octanol–water partition coefficient (Wildman–Crippen LogP) is 2.15. The fourth-order valence-electron chi connectivity index (χ4n) is 3.19. The van der Waals surface area contributed by atoms with Gasteiger partial charge in [-0.1, -0.05) is 19.8 Å². The van der Waals surface area contributed by atoms with Crippen molar-refractivity contribution in [3.8, 4) is 0 Å². The van der Waals surface area contributed by atoms with Crippen molar-refractivity contribution in [2.45, 2.75) is 58.9 Å². The van der Waals surface area contributed by atoms with Gasteiger partial charge in [-0.3, -0.25) is 9.89 Å². The Bertz CT molecular complexity index is 309. The van der Waals surface area contributed by atoms with Crippen LogP contribution in [0.1, 0.15) is 52.9 Å². The Labute approximate surface area is 143 Å². The Kier molecular flexibility index (Phi) is 11.1. The Morgan fingerprint density at radius 2 is 1.74 bits per heavy atom. The van der Waals surface area contributed by atoms with Crippen LogP contribution in [0.2, 0.25) is 0 Å². The third-order valence-corrected chi connectivity index (χ3v) is 4.69. The van der Waals surface area contributed by atoms with Gasteiger partial charge < -0.3 is 15.5 Å².